The molecule has 0 spiro atoms. The number of methoxy groups -OCH3 is 1. The summed E-state index contributed by atoms with van der Waals surface area (Å²) in [7, 11) is 1.73. The molecule has 206 valence electrons. The van der Waals surface area contributed by atoms with Crippen LogP contribution in [0.3, 0.4) is 0 Å². The van der Waals surface area contributed by atoms with E-state index in [1.807, 2.05) is 12.1 Å². The monoisotopic (exact) mass is 526 g/mol. The van der Waals surface area contributed by atoms with Crippen LogP contribution in [0, 0.1) is 0 Å². The van der Waals surface area contributed by atoms with Crippen molar-refractivity contribution in [2.45, 2.75) is 51.5 Å². The summed E-state index contributed by atoms with van der Waals surface area (Å²) in [6, 6.07) is 20.9. The molecule has 0 unspecified atom stereocenters. The maximum Gasteiger partial charge on any atom is 0.120 e. The van der Waals surface area contributed by atoms with Crippen molar-refractivity contribution in [3.63, 3.8) is 0 Å². The molecular weight excluding hydrogens is 484 g/mol. The van der Waals surface area contributed by atoms with Gasteiger partial charge in [0.2, 0.25) is 0 Å². The molecule has 0 radical (unpaired) electrons. The van der Waals surface area contributed by atoms with Crippen molar-refractivity contribution in [3.05, 3.63) is 95.1 Å². The minimum atomic E-state index is 0.360. The Kier molecular flexibility index (Phi) is 8.77. The molecule has 1 saturated heterocycles. The van der Waals surface area contributed by atoms with E-state index < -0.39 is 0 Å². The SMILES string of the molecule is C=C1CCCN(CCOc2ccc(CN(CC)c3cc(OC)ccc3[C@H]3CCc4cc(O)ccc4C3)cc2)C1. The molecule has 0 aromatic heterocycles. The molecule has 1 aliphatic carbocycles. The molecule has 1 fully saturated rings. The second-order valence-electron chi connectivity index (χ2n) is 11.0. The van der Waals surface area contributed by atoms with Gasteiger partial charge in [0.1, 0.15) is 23.9 Å². The van der Waals surface area contributed by atoms with Crippen LogP contribution in [0.2, 0.25) is 0 Å². The molecule has 3 aromatic carbocycles. The van der Waals surface area contributed by atoms with Gasteiger partial charge in [0, 0.05) is 37.9 Å². The van der Waals surface area contributed by atoms with Gasteiger partial charge in [-0.25, -0.2) is 0 Å². The average Bonchev–Trinajstić information content (AvgIpc) is 2.96. The number of anilines is 1. The standard InChI is InChI=1S/C34H42N2O3/c1-4-36(24-26-7-13-31(14-8-26)39-19-18-35-17-5-6-25(2)23-35)34-22-32(38-3)15-16-33(34)29-10-9-28-21-30(37)12-11-27(28)20-29/h7-8,11-16,21-22,29,37H,2,4-6,9-10,17-20,23-24H2,1,3H3/t29-/m0/s1. The number of phenols is 1. The van der Waals surface area contributed by atoms with Crippen LogP contribution in [0.1, 0.15) is 54.4 Å². The van der Waals surface area contributed by atoms with E-state index in [9.17, 15) is 5.11 Å². The molecule has 39 heavy (non-hydrogen) atoms. The van der Waals surface area contributed by atoms with Crippen LogP contribution in [0.4, 0.5) is 5.69 Å². The number of aryl methyl sites for hydroxylation is 1. The Balaban J connectivity index is 1.26. The van der Waals surface area contributed by atoms with Crippen LogP contribution in [0.25, 0.3) is 0 Å². The second kappa shape index (κ2) is 12.6. The highest BCUT2D eigenvalue weighted by molar-refractivity contribution is 5.60. The van der Waals surface area contributed by atoms with Crippen molar-refractivity contribution in [3.8, 4) is 17.2 Å². The third-order valence-electron chi connectivity index (χ3n) is 8.24. The molecular formula is C34H42N2O3. The molecule has 1 atom stereocenters. The summed E-state index contributed by atoms with van der Waals surface area (Å²) in [5.74, 6) is 2.60. The molecule has 5 heteroatoms. The van der Waals surface area contributed by atoms with Crippen molar-refractivity contribution in [2.75, 3.05) is 44.8 Å². The highest BCUT2D eigenvalue weighted by atomic mass is 16.5. The van der Waals surface area contributed by atoms with Gasteiger partial charge >= 0.3 is 0 Å². The lowest BCUT2D eigenvalue weighted by atomic mass is 9.79. The van der Waals surface area contributed by atoms with E-state index >= 15 is 0 Å². The number of aromatic hydroxyl groups is 1. The van der Waals surface area contributed by atoms with Gasteiger partial charge in [0.25, 0.3) is 0 Å². The number of ether oxygens (including phenoxy) is 2. The van der Waals surface area contributed by atoms with Gasteiger partial charge in [-0.1, -0.05) is 36.4 Å². The Morgan fingerprint density at radius 2 is 1.82 bits per heavy atom. The van der Waals surface area contributed by atoms with Crippen molar-refractivity contribution in [1.82, 2.24) is 4.90 Å². The lowest BCUT2D eigenvalue weighted by Gasteiger charge is -2.32. The number of phenolic OH excluding ortho intramolecular Hbond substituents is 1. The van der Waals surface area contributed by atoms with Gasteiger partial charge in [-0.05, 0) is 104 Å². The lowest BCUT2D eigenvalue weighted by Crippen LogP contribution is -2.34. The molecule has 1 N–H and O–H groups in total. The van der Waals surface area contributed by atoms with E-state index in [1.165, 1.54) is 39.9 Å². The van der Waals surface area contributed by atoms with E-state index in [4.69, 9.17) is 9.47 Å². The zero-order valence-electron chi connectivity index (χ0n) is 23.5. The number of fused-ring (bicyclic) bond motifs is 1. The van der Waals surface area contributed by atoms with Gasteiger partial charge in [0.05, 0.1) is 7.11 Å². The number of benzene rings is 3. The summed E-state index contributed by atoms with van der Waals surface area (Å²) >= 11 is 0. The first-order chi connectivity index (χ1) is 19.0. The van der Waals surface area contributed by atoms with E-state index in [2.05, 4.69) is 71.8 Å². The lowest BCUT2D eigenvalue weighted by molar-refractivity contribution is 0.205. The van der Waals surface area contributed by atoms with Crippen LogP contribution in [-0.2, 0) is 19.4 Å². The Morgan fingerprint density at radius 3 is 2.59 bits per heavy atom. The van der Waals surface area contributed by atoms with Crippen LogP contribution in [-0.4, -0.2) is 49.9 Å². The quantitative estimate of drug-likeness (QED) is 0.297. The zero-order valence-corrected chi connectivity index (χ0v) is 23.5. The number of nitrogens with zero attached hydrogens (tertiary/aromatic N) is 2. The largest absolute Gasteiger partial charge is 0.508 e. The maximum absolute atomic E-state index is 9.91. The average molecular weight is 527 g/mol. The van der Waals surface area contributed by atoms with Gasteiger partial charge in [-0.2, -0.15) is 0 Å². The normalized spacial score (nSPS) is 17.5. The molecule has 2 aliphatic rings. The third-order valence-corrected chi connectivity index (χ3v) is 8.24. The summed E-state index contributed by atoms with van der Waals surface area (Å²) in [6.07, 6.45) is 5.41. The van der Waals surface area contributed by atoms with E-state index in [-0.39, 0.29) is 0 Å². The number of likely N-dealkylation sites (tertiary alicyclic amines) is 1. The van der Waals surface area contributed by atoms with Gasteiger partial charge in [-0.3, -0.25) is 4.90 Å². The summed E-state index contributed by atoms with van der Waals surface area (Å²) in [5, 5.41) is 9.91. The number of rotatable bonds is 10. The fourth-order valence-corrected chi connectivity index (χ4v) is 6.07. The van der Waals surface area contributed by atoms with E-state index in [0.29, 0.717) is 18.3 Å². The van der Waals surface area contributed by atoms with Gasteiger partial charge in [-0.15, -0.1) is 0 Å². The first kappa shape index (κ1) is 27.1. The van der Waals surface area contributed by atoms with Crippen molar-refractivity contribution in [2.24, 2.45) is 0 Å². The summed E-state index contributed by atoms with van der Waals surface area (Å²) in [5.41, 5.74) is 7.82. The van der Waals surface area contributed by atoms with Gasteiger partial charge in [0.15, 0.2) is 0 Å². The van der Waals surface area contributed by atoms with Crippen molar-refractivity contribution < 1.29 is 14.6 Å². The fourth-order valence-electron chi connectivity index (χ4n) is 6.07. The zero-order chi connectivity index (χ0) is 27.2. The molecule has 1 aliphatic heterocycles. The number of piperidine rings is 1. The topological polar surface area (TPSA) is 45.2 Å². The molecule has 5 rings (SSSR count). The van der Waals surface area contributed by atoms with Crippen LogP contribution in [0.5, 0.6) is 17.2 Å². The first-order valence-corrected chi connectivity index (χ1v) is 14.4. The minimum absolute atomic E-state index is 0.360. The Morgan fingerprint density at radius 1 is 1.00 bits per heavy atom. The van der Waals surface area contributed by atoms with E-state index in [1.54, 1.807) is 7.11 Å². The Bertz CT molecular complexity index is 1270. The number of hydrogen-bond donors (Lipinski definition) is 1. The molecule has 5 nitrogen and oxygen atoms in total. The Labute approximate surface area is 233 Å². The third kappa shape index (κ3) is 6.77. The first-order valence-electron chi connectivity index (χ1n) is 14.4. The summed E-state index contributed by atoms with van der Waals surface area (Å²) < 4.78 is 11.7. The van der Waals surface area contributed by atoms with Crippen molar-refractivity contribution >= 4 is 5.69 Å². The van der Waals surface area contributed by atoms with Crippen LogP contribution >= 0.6 is 0 Å². The highest BCUT2D eigenvalue weighted by Crippen LogP contribution is 2.40. The highest BCUT2D eigenvalue weighted by Gasteiger charge is 2.25. The predicted molar refractivity (Wildman–Crippen MR) is 159 cm³/mol. The van der Waals surface area contributed by atoms with Crippen LogP contribution < -0.4 is 14.4 Å². The molecule has 3 aromatic rings. The summed E-state index contributed by atoms with van der Waals surface area (Å²) in [6.45, 7) is 11.9. The molecule has 1 heterocycles. The Hall–Kier alpha value is -3.44. The van der Waals surface area contributed by atoms with Crippen molar-refractivity contribution in [1.29, 1.82) is 0 Å². The molecule has 0 amide bonds. The minimum Gasteiger partial charge on any atom is -0.508 e. The second-order valence-corrected chi connectivity index (χ2v) is 11.0. The predicted octanol–water partition coefficient (Wildman–Crippen LogP) is 6.73. The molecule has 0 bridgehead atoms. The van der Waals surface area contributed by atoms with Crippen LogP contribution in [0.15, 0.2) is 72.8 Å². The van der Waals surface area contributed by atoms with Gasteiger partial charge < -0.3 is 19.5 Å². The van der Waals surface area contributed by atoms with E-state index in [0.717, 1.165) is 69.9 Å². The maximum atomic E-state index is 9.91. The number of hydrogen-bond acceptors (Lipinski definition) is 5. The molecule has 0 saturated carbocycles. The summed E-state index contributed by atoms with van der Waals surface area (Å²) in [4.78, 5) is 4.88. The smallest absolute Gasteiger partial charge is 0.120 e. The fraction of sp³-hybridized carbons (Fsp3) is 0.412.